The number of carbonyl (C=O) groups excluding carboxylic acids is 1. The highest BCUT2D eigenvalue weighted by molar-refractivity contribution is 7.14. The van der Waals surface area contributed by atoms with Crippen molar-refractivity contribution in [1.29, 1.82) is 0 Å². The van der Waals surface area contributed by atoms with Gasteiger partial charge in [0, 0.05) is 30.1 Å². The number of pyridine rings is 1. The normalized spacial score (nSPS) is 22.3. The minimum absolute atomic E-state index is 0.195. The quantitative estimate of drug-likeness (QED) is 0.586. The van der Waals surface area contributed by atoms with Gasteiger partial charge in [-0.1, -0.05) is 26.8 Å². The zero-order valence-electron chi connectivity index (χ0n) is 18.1. The average molecular weight is 423 g/mol. The number of thiophene rings is 1. The Hall–Kier alpha value is -2.21. The molecule has 0 aromatic carbocycles. The van der Waals surface area contributed by atoms with E-state index in [1.165, 1.54) is 16.9 Å². The lowest BCUT2D eigenvalue weighted by atomic mass is 9.72. The Labute approximate surface area is 182 Å². The smallest absolute Gasteiger partial charge is 0.263 e. The lowest BCUT2D eigenvalue weighted by Crippen LogP contribution is -2.39. The van der Waals surface area contributed by atoms with Gasteiger partial charge in [-0.2, -0.15) is 0 Å². The summed E-state index contributed by atoms with van der Waals surface area (Å²) in [6.07, 6.45) is 7.53. The molecule has 1 fully saturated rings. The standard InChI is InChI=1S/C24H30N4OS/c1-24(2,3)18-9-10-19-17(13-18)14-20(30-19)23(29)27-11-6-7-16(15-27)22-26-25-21-8-4-5-12-28(21)22/h4-5,8,12,14,16,18H,6-7,9-11,13,15H2,1-3H3/t16-,18+/m0/s1. The number of rotatable bonds is 2. The second kappa shape index (κ2) is 7.49. The molecule has 1 aliphatic heterocycles. The van der Waals surface area contributed by atoms with Crippen LogP contribution in [0.2, 0.25) is 0 Å². The molecular formula is C24H30N4OS. The van der Waals surface area contributed by atoms with Crippen molar-refractivity contribution in [1.82, 2.24) is 19.5 Å². The highest BCUT2D eigenvalue weighted by Crippen LogP contribution is 2.40. The molecule has 6 heteroatoms. The Balaban J connectivity index is 1.34. The van der Waals surface area contributed by atoms with Crippen LogP contribution in [-0.4, -0.2) is 38.5 Å². The predicted molar refractivity (Wildman–Crippen MR) is 120 cm³/mol. The maximum absolute atomic E-state index is 13.4. The monoisotopic (exact) mass is 422 g/mol. The predicted octanol–water partition coefficient (Wildman–Crippen LogP) is 4.96. The van der Waals surface area contributed by atoms with Crippen molar-refractivity contribution in [2.75, 3.05) is 13.1 Å². The molecule has 0 bridgehead atoms. The minimum atomic E-state index is 0.195. The van der Waals surface area contributed by atoms with E-state index in [9.17, 15) is 4.79 Å². The van der Waals surface area contributed by atoms with Crippen molar-refractivity contribution in [2.24, 2.45) is 11.3 Å². The van der Waals surface area contributed by atoms with Crippen LogP contribution in [0.3, 0.4) is 0 Å². The third kappa shape index (κ3) is 3.55. The molecule has 3 aromatic rings. The number of hydrogen-bond acceptors (Lipinski definition) is 4. The van der Waals surface area contributed by atoms with E-state index in [1.807, 2.05) is 29.3 Å². The first kappa shape index (κ1) is 19.7. The summed E-state index contributed by atoms with van der Waals surface area (Å²) in [5.74, 6) is 2.10. The Bertz CT molecular complexity index is 1080. The Morgan fingerprint density at radius 1 is 1.20 bits per heavy atom. The first-order chi connectivity index (χ1) is 14.4. The molecule has 5 rings (SSSR count). The fourth-order valence-corrected chi connectivity index (χ4v) is 6.21. The van der Waals surface area contributed by atoms with Crippen molar-refractivity contribution < 1.29 is 4.79 Å². The summed E-state index contributed by atoms with van der Waals surface area (Å²) in [5.41, 5.74) is 2.60. The number of amides is 1. The van der Waals surface area contributed by atoms with Crippen LogP contribution in [0.15, 0.2) is 30.5 Å². The SMILES string of the molecule is CC(C)(C)[C@@H]1CCc2sc(C(=O)N3CCC[C@H](c4nnc5ccccn45)C3)cc2C1. The molecule has 4 heterocycles. The fourth-order valence-electron chi connectivity index (χ4n) is 5.03. The van der Waals surface area contributed by atoms with Crippen LogP contribution in [0.25, 0.3) is 5.65 Å². The molecular weight excluding hydrogens is 392 g/mol. The maximum Gasteiger partial charge on any atom is 0.263 e. The zero-order valence-corrected chi connectivity index (χ0v) is 18.9. The molecule has 158 valence electrons. The van der Waals surface area contributed by atoms with Gasteiger partial charge < -0.3 is 4.90 Å². The molecule has 1 aliphatic carbocycles. The fraction of sp³-hybridized carbons (Fsp3) is 0.542. The summed E-state index contributed by atoms with van der Waals surface area (Å²) >= 11 is 1.73. The number of carbonyl (C=O) groups is 1. The van der Waals surface area contributed by atoms with E-state index in [4.69, 9.17) is 0 Å². The average Bonchev–Trinajstić information content (AvgIpc) is 3.36. The van der Waals surface area contributed by atoms with Crippen LogP contribution in [0, 0.1) is 11.3 Å². The maximum atomic E-state index is 13.4. The second-order valence-corrected chi connectivity index (χ2v) is 11.1. The molecule has 30 heavy (non-hydrogen) atoms. The van der Waals surface area contributed by atoms with Crippen LogP contribution in [0.5, 0.6) is 0 Å². The van der Waals surface area contributed by atoms with Crippen molar-refractivity contribution in [3.8, 4) is 0 Å². The molecule has 0 saturated carbocycles. The van der Waals surface area contributed by atoms with E-state index in [2.05, 4.69) is 41.4 Å². The number of fused-ring (bicyclic) bond motifs is 2. The number of aryl methyl sites for hydroxylation is 1. The van der Waals surface area contributed by atoms with E-state index in [0.717, 1.165) is 55.1 Å². The number of aromatic nitrogens is 3. The van der Waals surface area contributed by atoms with Gasteiger partial charge in [0.2, 0.25) is 0 Å². The summed E-state index contributed by atoms with van der Waals surface area (Å²) in [7, 11) is 0. The van der Waals surface area contributed by atoms with Gasteiger partial charge in [0.15, 0.2) is 5.65 Å². The van der Waals surface area contributed by atoms with Gasteiger partial charge in [-0.05, 0) is 67.2 Å². The van der Waals surface area contributed by atoms with Crippen molar-refractivity contribution >= 4 is 22.9 Å². The van der Waals surface area contributed by atoms with Crippen LogP contribution in [0.4, 0.5) is 0 Å². The van der Waals surface area contributed by atoms with Crippen molar-refractivity contribution in [3.05, 3.63) is 51.6 Å². The Kier molecular flexibility index (Phi) is 4.92. The number of piperidine rings is 1. The van der Waals surface area contributed by atoms with Gasteiger partial charge in [-0.25, -0.2) is 0 Å². The van der Waals surface area contributed by atoms with E-state index < -0.39 is 0 Å². The lowest BCUT2D eigenvalue weighted by Gasteiger charge is -2.33. The summed E-state index contributed by atoms with van der Waals surface area (Å²) in [6, 6.07) is 8.15. The zero-order chi connectivity index (χ0) is 20.9. The Morgan fingerprint density at radius 3 is 2.90 bits per heavy atom. The first-order valence-electron chi connectivity index (χ1n) is 11.1. The van der Waals surface area contributed by atoms with Crippen LogP contribution in [-0.2, 0) is 12.8 Å². The van der Waals surface area contributed by atoms with Gasteiger partial charge in [0.25, 0.3) is 5.91 Å². The lowest BCUT2D eigenvalue weighted by molar-refractivity contribution is 0.0709. The largest absolute Gasteiger partial charge is 0.337 e. The third-order valence-corrected chi connectivity index (χ3v) is 8.16. The van der Waals surface area contributed by atoms with Crippen molar-refractivity contribution in [2.45, 2.75) is 58.8 Å². The number of nitrogens with zero attached hydrogens (tertiary/aromatic N) is 4. The van der Waals surface area contributed by atoms with Crippen LogP contribution < -0.4 is 0 Å². The van der Waals surface area contributed by atoms with E-state index >= 15 is 0 Å². The summed E-state index contributed by atoms with van der Waals surface area (Å²) in [4.78, 5) is 17.8. The van der Waals surface area contributed by atoms with Crippen molar-refractivity contribution in [3.63, 3.8) is 0 Å². The summed E-state index contributed by atoms with van der Waals surface area (Å²) < 4.78 is 2.06. The molecule has 1 amide bonds. The van der Waals surface area contributed by atoms with E-state index in [-0.39, 0.29) is 11.8 Å². The molecule has 0 N–H and O–H groups in total. The number of likely N-dealkylation sites (tertiary alicyclic amines) is 1. The van der Waals surface area contributed by atoms with Gasteiger partial charge in [-0.3, -0.25) is 9.20 Å². The molecule has 2 atom stereocenters. The highest BCUT2D eigenvalue weighted by atomic mass is 32.1. The molecule has 0 spiro atoms. The molecule has 5 nitrogen and oxygen atoms in total. The summed E-state index contributed by atoms with van der Waals surface area (Å²) in [6.45, 7) is 8.57. The molecule has 0 radical (unpaired) electrons. The summed E-state index contributed by atoms with van der Waals surface area (Å²) in [5, 5.41) is 8.75. The van der Waals surface area contributed by atoms with Gasteiger partial charge >= 0.3 is 0 Å². The third-order valence-electron chi connectivity index (χ3n) is 6.93. The molecule has 3 aromatic heterocycles. The minimum Gasteiger partial charge on any atom is -0.337 e. The van der Waals surface area contributed by atoms with Gasteiger partial charge in [0.1, 0.15) is 5.82 Å². The second-order valence-electron chi connectivity index (χ2n) is 9.94. The van der Waals surface area contributed by atoms with Crippen LogP contribution in [0.1, 0.15) is 71.9 Å². The van der Waals surface area contributed by atoms with E-state index in [1.54, 1.807) is 11.3 Å². The molecule has 1 saturated heterocycles. The molecule has 2 aliphatic rings. The molecule has 0 unspecified atom stereocenters. The van der Waals surface area contributed by atoms with Crippen LogP contribution >= 0.6 is 11.3 Å². The Morgan fingerprint density at radius 2 is 2.07 bits per heavy atom. The topological polar surface area (TPSA) is 50.5 Å². The van der Waals surface area contributed by atoms with E-state index in [0.29, 0.717) is 11.3 Å². The highest BCUT2D eigenvalue weighted by Gasteiger charge is 2.33. The van der Waals surface area contributed by atoms with Gasteiger partial charge in [-0.15, -0.1) is 21.5 Å². The first-order valence-corrected chi connectivity index (χ1v) is 11.9. The number of hydrogen-bond donors (Lipinski definition) is 0. The van der Waals surface area contributed by atoms with Gasteiger partial charge in [0.05, 0.1) is 4.88 Å².